The van der Waals surface area contributed by atoms with E-state index in [1.54, 1.807) is 11.3 Å². The lowest BCUT2D eigenvalue weighted by molar-refractivity contribution is -0.120. The minimum absolute atomic E-state index is 0.138. The molecule has 23 heavy (non-hydrogen) atoms. The van der Waals surface area contributed by atoms with Crippen LogP contribution < -0.4 is 5.32 Å². The van der Waals surface area contributed by atoms with E-state index in [0.717, 1.165) is 50.3 Å². The zero-order valence-electron chi connectivity index (χ0n) is 13.5. The molecule has 1 aromatic carbocycles. The molecular weight excluding hydrogens is 304 g/mol. The van der Waals surface area contributed by atoms with Crippen LogP contribution in [0.4, 0.5) is 0 Å². The first-order chi connectivity index (χ1) is 11.3. The summed E-state index contributed by atoms with van der Waals surface area (Å²) >= 11 is 1.64. The molecule has 1 amide bonds. The second kappa shape index (κ2) is 8.27. The summed E-state index contributed by atoms with van der Waals surface area (Å²) in [4.78, 5) is 15.5. The number of benzene rings is 1. The number of rotatable bonds is 7. The Morgan fingerprint density at radius 2 is 2.00 bits per heavy atom. The van der Waals surface area contributed by atoms with Gasteiger partial charge in [-0.2, -0.15) is 0 Å². The number of unbranched alkanes of at least 4 members (excludes halogenated alkanes) is 1. The molecule has 0 bridgehead atoms. The van der Waals surface area contributed by atoms with Crippen molar-refractivity contribution in [2.24, 2.45) is 0 Å². The lowest BCUT2D eigenvalue weighted by Crippen LogP contribution is -2.32. The summed E-state index contributed by atoms with van der Waals surface area (Å²) < 4.78 is 0. The molecule has 3 nitrogen and oxygen atoms in total. The van der Waals surface area contributed by atoms with Crippen LogP contribution in [0.25, 0.3) is 0 Å². The Bertz CT molecular complexity index is 624. The van der Waals surface area contributed by atoms with Gasteiger partial charge in [-0.1, -0.05) is 30.3 Å². The molecule has 0 saturated carbocycles. The highest BCUT2D eigenvalue weighted by atomic mass is 32.1. The molecule has 0 fully saturated rings. The van der Waals surface area contributed by atoms with Crippen molar-refractivity contribution in [3.63, 3.8) is 0 Å². The first kappa shape index (κ1) is 16.2. The van der Waals surface area contributed by atoms with E-state index >= 15 is 0 Å². The Morgan fingerprint density at radius 3 is 2.83 bits per heavy atom. The van der Waals surface area contributed by atoms with Gasteiger partial charge in [-0.15, -0.1) is 11.3 Å². The monoisotopic (exact) mass is 328 g/mol. The van der Waals surface area contributed by atoms with Gasteiger partial charge in [0.15, 0.2) is 0 Å². The number of hydrogen-bond acceptors (Lipinski definition) is 3. The molecule has 0 radical (unpaired) electrons. The molecule has 2 heterocycles. The van der Waals surface area contributed by atoms with E-state index in [9.17, 15) is 4.79 Å². The average Bonchev–Trinajstić information content (AvgIpc) is 3.07. The van der Waals surface area contributed by atoms with Gasteiger partial charge in [0.1, 0.15) is 0 Å². The molecule has 0 saturated heterocycles. The van der Waals surface area contributed by atoms with Crippen molar-refractivity contribution in [2.75, 3.05) is 19.6 Å². The van der Waals surface area contributed by atoms with E-state index < -0.39 is 0 Å². The maximum atomic E-state index is 11.8. The lowest BCUT2D eigenvalue weighted by atomic mass is 10.00. The standard InChI is InChI=1S/C19H24N2OS/c22-19(14-18-8-5-13-23-18)20-10-3-4-11-21-12-9-16-6-1-2-7-17(16)15-21/h1-2,5-8,13H,3-4,9-12,14-15H2,(H,20,22). The fourth-order valence-electron chi connectivity index (χ4n) is 3.07. The summed E-state index contributed by atoms with van der Waals surface area (Å²) in [6, 6.07) is 12.8. The summed E-state index contributed by atoms with van der Waals surface area (Å²) in [5.74, 6) is 0.138. The highest BCUT2D eigenvalue weighted by Crippen LogP contribution is 2.18. The third-order valence-electron chi connectivity index (χ3n) is 4.35. The van der Waals surface area contributed by atoms with Crippen molar-refractivity contribution in [3.8, 4) is 0 Å². The number of carbonyl (C=O) groups excluding carboxylic acids is 1. The number of hydrogen-bond donors (Lipinski definition) is 1. The molecule has 1 aromatic heterocycles. The molecule has 1 aliphatic rings. The summed E-state index contributed by atoms with van der Waals surface area (Å²) in [7, 11) is 0. The Morgan fingerprint density at radius 1 is 1.13 bits per heavy atom. The van der Waals surface area contributed by atoms with Gasteiger partial charge in [-0.3, -0.25) is 9.69 Å². The lowest BCUT2D eigenvalue weighted by Gasteiger charge is -2.28. The van der Waals surface area contributed by atoms with E-state index in [0.29, 0.717) is 6.42 Å². The summed E-state index contributed by atoms with van der Waals surface area (Å²) in [5, 5.41) is 5.04. The third-order valence-corrected chi connectivity index (χ3v) is 5.22. The van der Waals surface area contributed by atoms with Crippen LogP contribution in [0.15, 0.2) is 41.8 Å². The maximum Gasteiger partial charge on any atom is 0.225 e. The van der Waals surface area contributed by atoms with E-state index in [1.807, 2.05) is 17.5 Å². The van der Waals surface area contributed by atoms with Gasteiger partial charge in [0, 0.05) is 24.5 Å². The SMILES string of the molecule is O=C(Cc1cccs1)NCCCCN1CCc2ccccc2C1. The number of nitrogens with zero attached hydrogens (tertiary/aromatic N) is 1. The van der Waals surface area contributed by atoms with Gasteiger partial charge < -0.3 is 5.32 Å². The van der Waals surface area contributed by atoms with E-state index in [1.165, 1.54) is 11.1 Å². The fourth-order valence-corrected chi connectivity index (χ4v) is 3.77. The molecule has 0 aliphatic carbocycles. The fraction of sp³-hybridized carbons (Fsp3) is 0.421. The molecule has 1 aliphatic heterocycles. The third kappa shape index (κ3) is 4.91. The Kier molecular flexibility index (Phi) is 5.83. The van der Waals surface area contributed by atoms with Crippen LogP contribution in [-0.2, 0) is 24.2 Å². The van der Waals surface area contributed by atoms with Crippen LogP contribution >= 0.6 is 11.3 Å². The molecule has 0 atom stereocenters. The quantitative estimate of drug-likeness (QED) is 0.791. The number of carbonyl (C=O) groups is 1. The van der Waals surface area contributed by atoms with Crippen LogP contribution in [0.1, 0.15) is 28.8 Å². The highest BCUT2D eigenvalue weighted by Gasteiger charge is 2.14. The van der Waals surface area contributed by atoms with Crippen LogP contribution in [-0.4, -0.2) is 30.4 Å². The van der Waals surface area contributed by atoms with Gasteiger partial charge in [0.2, 0.25) is 5.91 Å². The minimum atomic E-state index is 0.138. The molecule has 2 aromatic rings. The molecule has 122 valence electrons. The van der Waals surface area contributed by atoms with Gasteiger partial charge in [-0.05, 0) is 48.4 Å². The molecule has 0 unspecified atom stereocenters. The second-order valence-corrected chi connectivity index (χ2v) is 7.14. The van der Waals surface area contributed by atoms with E-state index in [2.05, 4.69) is 34.5 Å². The smallest absolute Gasteiger partial charge is 0.225 e. The zero-order chi connectivity index (χ0) is 15.9. The summed E-state index contributed by atoms with van der Waals surface area (Å²) in [6.07, 6.45) is 3.87. The number of amides is 1. The van der Waals surface area contributed by atoms with Gasteiger partial charge in [0.05, 0.1) is 6.42 Å². The Hall–Kier alpha value is -1.65. The molecular formula is C19H24N2OS. The largest absolute Gasteiger partial charge is 0.356 e. The topological polar surface area (TPSA) is 32.3 Å². The maximum absolute atomic E-state index is 11.8. The second-order valence-electron chi connectivity index (χ2n) is 6.11. The average molecular weight is 328 g/mol. The van der Waals surface area contributed by atoms with Crippen LogP contribution in [0.2, 0.25) is 0 Å². The predicted molar refractivity (Wildman–Crippen MR) is 95.7 cm³/mol. The molecule has 1 N–H and O–H groups in total. The number of thiophene rings is 1. The van der Waals surface area contributed by atoms with Crippen molar-refractivity contribution >= 4 is 17.2 Å². The molecule has 4 heteroatoms. The van der Waals surface area contributed by atoms with Crippen molar-refractivity contribution < 1.29 is 4.79 Å². The highest BCUT2D eigenvalue weighted by molar-refractivity contribution is 7.10. The van der Waals surface area contributed by atoms with E-state index in [4.69, 9.17) is 0 Å². The van der Waals surface area contributed by atoms with Gasteiger partial charge in [0.25, 0.3) is 0 Å². The van der Waals surface area contributed by atoms with Crippen LogP contribution in [0, 0.1) is 0 Å². The minimum Gasteiger partial charge on any atom is -0.356 e. The Balaban J connectivity index is 1.29. The Labute approximate surface area is 142 Å². The number of nitrogens with one attached hydrogen (secondary N) is 1. The summed E-state index contributed by atoms with van der Waals surface area (Å²) in [6.45, 7) is 4.13. The molecule has 0 spiro atoms. The van der Waals surface area contributed by atoms with Gasteiger partial charge in [-0.25, -0.2) is 0 Å². The summed E-state index contributed by atoms with van der Waals surface area (Å²) in [5.41, 5.74) is 2.98. The molecule has 3 rings (SSSR count). The van der Waals surface area contributed by atoms with Crippen molar-refractivity contribution in [1.82, 2.24) is 10.2 Å². The van der Waals surface area contributed by atoms with Crippen molar-refractivity contribution in [2.45, 2.75) is 32.2 Å². The van der Waals surface area contributed by atoms with Gasteiger partial charge >= 0.3 is 0 Å². The zero-order valence-corrected chi connectivity index (χ0v) is 14.3. The van der Waals surface area contributed by atoms with E-state index in [-0.39, 0.29) is 5.91 Å². The van der Waals surface area contributed by atoms with Crippen LogP contribution in [0.5, 0.6) is 0 Å². The van der Waals surface area contributed by atoms with Crippen molar-refractivity contribution in [3.05, 3.63) is 57.8 Å². The van der Waals surface area contributed by atoms with Crippen molar-refractivity contribution in [1.29, 1.82) is 0 Å². The predicted octanol–water partition coefficient (Wildman–Crippen LogP) is 3.25. The first-order valence-corrected chi connectivity index (χ1v) is 9.27. The number of fused-ring (bicyclic) bond motifs is 1. The first-order valence-electron chi connectivity index (χ1n) is 8.39. The van der Waals surface area contributed by atoms with Crippen LogP contribution in [0.3, 0.4) is 0 Å². The normalized spacial score (nSPS) is 14.4.